The molecule has 1 unspecified atom stereocenters. The highest BCUT2D eigenvalue weighted by atomic mass is 16.5. The maximum Gasteiger partial charge on any atom is 0.261 e. The van der Waals surface area contributed by atoms with Gasteiger partial charge in [0.1, 0.15) is 5.56 Å². The third-order valence-electron chi connectivity index (χ3n) is 5.08. The molecule has 3 heterocycles. The first-order valence-corrected chi connectivity index (χ1v) is 9.49. The Morgan fingerprint density at radius 2 is 2.00 bits per heavy atom. The van der Waals surface area contributed by atoms with Crippen LogP contribution in [0.1, 0.15) is 23.2 Å². The molecular formula is C20H25N3O4. The molecule has 0 aliphatic carbocycles. The maximum atomic E-state index is 13.4. The average molecular weight is 371 g/mol. The summed E-state index contributed by atoms with van der Waals surface area (Å²) < 4.78 is 16.8. The van der Waals surface area contributed by atoms with Crippen molar-refractivity contribution in [3.63, 3.8) is 0 Å². The molecule has 2 saturated heterocycles. The van der Waals surface area contributed by atoms with Gasteiger partial charge in [-0.2, -0.15) is 0 Å². The number of anilines is 1. The average Bonchev–Trinajstić information content (AvgIpc) is 3.38. The third kappa shape index (κ3) is 3.84. The number of likely N-dealkylation sites (N-methyl/N-ethyl adjacent to an activating group) is 1. The molecule has 0 radical (unpaired) electrons. The molecule has 2 fully saturated rings. The van der Waals surface area contributed by atoms with E-state index in [9.17, 15) is 4.79 Å². The quantitative estimate of drug-likeness (QED) is 0.804. The Morgan fingerprint density at radius 1 is 1.22 bits per heavy atom. The predicted octanol–water partition coefficient (Wildman–Crippen LogP) is 2.43. The van der Waals surface area contributed by atoms with Gasteiger partial charge in [0.2, 0.25) is 0 Å². The van der Waals surface area contributed by atoms with Crippen molar-refractivity contribution < 1.29 is 18.8 Å². The lowest BCUT2D eigenvalue weighted by Gasteiger charge is -2.28. The highest BCUT2D eigenvalue weighted by molar-refractivity contribution is 6.04. The van der Waals surface area contributed by atoms with E-state index in [1.54, 1.807) is 4.90 Å². The lowest BCUT2D eigenvalue weighted by Crippen LogP contribution is -2.39. The van der Waals surface area contributed by atoms with Crippen LogP contribution in [0.2, 0.25) is 0 Å². The molecule has 2 aliphatic heterocycles. The Morgan fingerprint density at radius 3 is 2.70 bits per heavy atom. The summed E-state index contributed by atoms with van der Waals surface area (Å²) in [6.07, 6.45) is 2.14. The van der Waals surface area contributed by atoms with E-state index in [2.05, 4.69) is 10.1 Å². The summed E-state index contributed by atoms with van der Waals surface area (Å²) in [5.74, 6) is 1.02. The Labute approximate surface area is 158 Å². The molecule has 1 amide bonds. The zero-order valence-corrected chi connectivity index (χ0v) is 15.6. The zero-order valence-electron chi connectivity index (χ0n) is 15.6. The molecule has 0 spiro atoms. The van der Waals surface area contributed by atoms with Crippen LogP contribution in [0.25, 0.3) is 11.3 Å². The summed E-state index contributed by atoms with van der Waals surface area (Å²) in [7, 11) is 1.81. The van der Waals surface area contributed by atoms with E-state index in [1.807, 2.05) is 37.4 Å². The lowest BCUT2D eigenvalue weighted by molar-refractivity contribution is 0.0587. The van der Waals surface area contributed by atoms with Crippen LogP contribution in [-0.2, 0) is 9.47 Å². The van der Waals surface area contributed by atoms with E-state index in [4.69, 9.17) is 14.0 Å². The van der Waals surface area contributed by atoms with Crippen molar-refractivity contribution in [2.75, 3.05) is 51.4 Å². The minimum Gasteiger partial charge on any atom is -0.378 e. The third-order valence-corrected chi connectivity index (χ3v) is 5.08. The first-order valence-electron chi connectivity index (χ1n) is 9.49. The standard InChI is InChI=1S/C20H25N3O4/c1-22(14-16-8-5-11-26-16)20(24)17-18(15-6-3-2-4-7-15)27-21-19(17)23-9-12-25-13-10-23/h2-4,6-7,16H,5,8-14H2,1H3. The Hall–Kier alpha value is -2.38. The number of rotatable bonds is 5. The van der Waals surface area contributed by atoms with Crippen LogP contribution >= 0.6 is 0 Å². The van der Waals surface area contributed by atoms with Gasteiger partial charge in [-0.15, -0.1) is 0 Å². The molecule has 1 aromatic heterocycles. The molecule has 2 aromatic rings. The molecule has 1 atom stereocenters. The molecule has 0 saturated carbocycles. The van der Waals surface area contributed by atoms with Crippen molar-refractivity contribution in [2.45, 2.75) is 18.9 Å². The molecule has 0 N–H and O–H groups in total. The van der Waals surface area contributed by atoms with Gasteiger partial charge in [-0.1, -0.05) is 35.5 Å². The second-order valence-corrected chi connectivity index (χ2v) is 7.00. The number of ether oxygens (including phenoxy) is 2. The largest absolute Gasteiger partial charge is 0.378 e. The molecule has 4 rings (SSSR count). The highest BCUT2D eigenvalue weighted by Gasteiger charge is 2.31. The fourth-order valence-electron chi connectivity index (χ4n) is 3.62. The molecule has 144 valence electrons. The molecule has 2 aliphatic rings. The number of benzene rings is 1. The van der Waals surface area contributed by atoms with Gasteiger partial charge < -0.3 is 23.8 Å². The number of hydrogen-bond acceptors (Lipinski definition) is 6. The smallest absolute Gasteiger partial charge is 0.261 e. The molecule has 0 bridgehead atoms. The molecule has 7 nitrogen and oxygen atoms in total. The van der Waals surface area contributed by atoms with E-state index >= 15 is 0 Å². The predicted molar refractivity (Wildman–Crippen MR) is 101 cm³/mol. The second-order valence-electron chi connectivity index (χ2n) is 7.00. The summed E-state index contributed by atoms with van der Waals surface area (Å²) >= 11 is 0. The molecule has 27 heavy (non-hydrogen) atoms. The summed E-state index contributed by atoms with van der Waals surface area (Å²) in [6.45, 7) is 3.96. The number of carbonyl (C=O) groups excluding carboxylic acids is 1. The van der Waals surface area contributed by atoms with Crippen molar-refractivity contribution >= 4 is 11.7 Å². The van der Waals surface area contributed by atoms with Crippen LogP contribution in [0.3, 0.4) is 0 Å². The van der Waals surface area contributed by atoms with Gasteiger partial charge in [0.05, 0.1) is 19.3 Å². The molecule has 7 heteroatoms. The van der Waals surface area contributed by atoms with Crippen molar-refractivity contribution in [1.29, 1.82) is 0 Å². The zero-order chi connectivity index (χ0) is 18.6. The van der Waals surface area contributed by atoms with Gasteiger partial charge in [0, 0.05) is 38.9 Å². The van der Waals surface area contributed by atoms with Gasteiger partial charge in [-0.25, -0.2) is 0 Å². The summed E-state index contributed by atoms with van der Waals surface area (Å²) in [6, 6.07) is 9.65. The summed E-state index contributed by atoms with van der Waals surface area (Å²) in [4.78, 5) is 17.1. The van der Waals surface area contributed by atoms with Crippen LogP contribution in [0.4, 0.5) is 5.82 Å². The van der Waals surface area contributed by atoms with Crippen molar-refractivity contribution in [1.82, 2.24) is 10.1 Å². The Balaban J connectivity index is 1.66. The van der Waals surface area contributed by atoms with E-state index < -0.39 is 0 Å². The highest BCUT2D eigenvalue weighted by Crippen LogP contribution is 2.33. The number of amides is 1. The van der Waals surface area contributed by atoms with Gasteiger partial charge in [0.25, 0.3) is 5.91 Å². The Bertz CT molecular complexity index is 765. The van der Waals surface area contributed by atoms with E-state index in [0.717, 1.165) is 25.0 Å². The Kier molecular flexibility index (Phi) is 5.40. The number of carbonyl (C=O) groups is 1. The van der Waals surface area contributed by atoms with E-state index in [0.29, 0.717) is 50.0 Å². The van der Waals surface area contributed by atoms with Crippen LogP contribution < -0.4 is 4.90 Å². The van der Waals surface area contributed by atoms with Gasteiger partial charge in [0.15, 0.2) is 11.6 Å². The van der Waals surface area contributed by atoms with Crippen LogP contribution in [0, 0.1) is 0 Å². The summed E-state index contributed by atoms with van der Waals surface area (Å²) in [5.41, 5.74) is 1.36. The molecular weight excluding hydrogens is 346 g/mol. The van der Waals surface area contributed by atoms with Crippen LogP contribution in [-0.4, -0.2) is 68.6 Å². The normalized spacial score (nSPS) is 20.0. The van der Waals surface area contributed by atoms with Crippen molar-refractivity contribution in [2.24, 2.45) is 0 Å². The first kappa shape index (κ1) is 18.0. The number of nitrogens with zero attached hydrogens (tertiary/aromatic N) is 3. The van der Waals surface area contributed by atoms with Crippen molar-refractivity contribution in [3.05, 3.63) is 35.9 Å². The first-order chi connectivity index (χ1) is 13.2. The van der Waals surface area contributed by atoms with E-state index in [1.165, 1.54) is 0 Å². The van der Waals surface area contributed by atoms with Crippen LogP contribution in [0.15, 0.2) is 34.9 Å². The van der Waals surface area contributed by atoms with Gasteiger partial charge >= 0.3 is 0 Å². The van der Waals surface area contributed by atoms with Crippen molar-refractivity contribution in [3.8, 4) is 11.3 Å². The maximum absolute atomic E-state index is 13.4. The lowest BCUT2D eigenvalue weighted by atomic mass is 10.1. The number of hydrogen-bond donors (Lipinski definition) is 0. The van der Waals surface area contributed by atoms with Crippen LogP contribution in [0.5, 0.6) is 0 Å². The SMILES string of the molecule is CN(CC1CCCO1)C(=O)c1c(N2CCOCC2)noc1-c1ccccc1. The number of morpholine rings is 1. The summed E-state index contributed by atoms with van der Waals surface area (Å²) in [5, 5.41) is 4.27. The topological polar surface area (TPSA) is 68.0 Å². The molecule has 1 aromatic carbocycles. The fourth-order valence-corrected chi connectivity index (χ4v) is 3.62. The monoisotopic (exact) mass is 371 g/mol. The fraction of sp³-hybridized carbons (Fsp3) is 0.500. The van der Waals surface area contributed by atoms with E-state index in [-0.39, 0.29) is 12.0 Å². The minimum absolute atomic E-state index is 0.0907. The minimum atomic E-state index is -0.0907. The second kappa shape index (κ2) is 8.10. The number of aromatic nitrogens is 1. The van der Waals surface area contributed by atoms with Gasteiger partial charge in [-0.3, -0.25) is 4.79 Å². The van der Waals surface area contributed by atoms with Gasteiger partial charge in [-0.05, 0) is 12.8 Å².